The fraction of sp³-hybridized carbons (Fsp3) is 0.600. The second-order valence-corrected chi connectivity index (χ2v) is 5.58. The molecule has 0 fully saturated rings. The van der Waals surface area contributed by atoms with Crippen molar-refractivity contribution in [1.29, 1.82) is 0 Å². The minimum absolute atomic E-state index is 0.241. The lowest BCUT2D eigenvalue weighted by atomic mass is 10.4. The monoisotopic (exact) mass is 261 g/mol. The van der Waals surface area contributed by atoms with Crippen LogP contribution in [0.5, 0.6) is 0 Å². The molecule has 3 N–H and O–H groups in total. The third-order valence-corrected chi connectivity index (χ3v) is 3.74. The molecule has 17 heavy (non-hydrogen) atoms. The van der Waals surface area contributed by atoms with Crippen LogP contribution in [0.3, 0.4) is 0 Å². The van der Waals surface area contributed by atoms with Crippen molar-refractivity contribution < 1.29 is 13.2 Å². The molecule has 0 aliphatic carbocycles. The first-order valence-corrected chi connectivity index (χ1v) is 6.81. The summed E-state index contributed by atoms with van der Waals surface area (Å²) in [6, 6.07) is 1.35. The topological polar surface area (TPSA) is 83.2 Å². The summed E-state index contributed by atoms with van der Waals surface area (Å²) < 4.78 is 31.3. The van der Waals surface area contributed by atoms with Gasteiger partial charge in [0.15, 0.2) is 0 Å². The Bertz CT molecular complexity index is 441. The molecule has 0 amide bonds. The summed E-state index contributed by atoms with van der Waals surface area (Å²) in [4.78, 5) is 3.15. The van der Waals surface area contributed by atoms with E-state index in [4.69, 9.17) is 4.74 Å². The summed E-state index contributed by atoms with van der Waals surface area (Å²) >= 11 is 0. The first-order chi connectivity index (χ1) is 7.99. The average Bonchev–Trinajstić information content (AvgIpc) is 2.67. The van der Waals surface area contributed by atoms with E-state index in [0.717, 1.165) is 5.69 Å². The molecule has 0 aliphatic rings. The number of nitrogens with one attached hydrogen (secondary N) is 3. The lowest BCUT2D eigenvalue weighted by Crippen LogP contribution is -2.35. The van der Waals surface area contributed by atoms with Gasteiger partial charge in [-0.2, -0.15) is 0 Å². The van der Waals surface area contributed by atoms with E-state index in [1.807, 2.05) is 0 Å². The van der Waals surface area contributed by atoms with Crippen molar-refractivity contribution >= 4 is 10.0 Å². The molecule has 1 aromatic heterocycles. The van der Waals surface area contributed by atoms with E-state index >= 15 is 0 Å². The van der Waals surface area contributed by atoms with Gasteiger partial charge in [0.1, 0.15) is 0 Å². The molecule has 0 saturated carbocycles. The van der Waals surface area contributed by atoms with Gasteiger partial charge in [0, 0.05) is 31.6 Å². The van der Waals surface area contributed by atoms with E-state index in [0.29, 0.717) is 13.2 Å². The highest BCUT2D eigenvalue weighted by atomic mass is 32.2. The maximum atomic E-state index is 11.9. The van der Waals surface area contributed by atoms with E-state index in [1.165, 1.54) is 13.3 Å². The number of hydrogen-bond acceptors (Lipinski definition) is 4. The number of methoxy groups -OCH3 is 1. The van der Waals surface area contributed by atoms with Crippen molar-refractivity contribution in [2.24, 2.45) is 0 Å². The molecule has 0 aliphatic heterocycles. The molecule has 0 aromatic carbocycles. The molecule has 1 unspecified atom stereocenters. The smallest absolute Gasteiger partial charge is 0.242 e. The number of aromatic nitrogens is 1. The van der Waals surface area contributed by atoms with Crippen molar-refractivity contribution in [2.75, 3.05) is 20.8 Å². The number of H-pyrrole nitrogens is 1. The largest absolute Gasteiger partial charge is 0.383 e. The van der Waals surface area contributed by atoms with Gasteiger partial charge in [0.25, 0.3) is 0 Å². The maximum Gasteiger partial charge on any atom is 0.242 e. The van der Waals surface area contributed by atoms with Gasteiger partial charge in [-0.1, -0.05) is 0 Å². The third-order valence-electron chi connectivity index (χ3n) is 2.17. The van der Waals surface area contributed by atoms with Gasteiger partial charge >= 0.3 is 0 Å². The number of aromatic amines is 1. The zero-order valence-corrected chi connectivity index (χ0v) is 11.1. The lowest BCUT2D eigenvalue weighted by Gasteiger charge is -2.11. The number of hydrogen-bond donors (Lipinski definition) is 3. The molecule has 0 bridgehead atoms. The summed E-state index contributed by atoms with van der Waals surface area (Å²) in [7, 11) is -0.135. The molecule has 0 radical (unpaired) electrons. The molecule has 1 rings (SSSR count). The summed E-state index contributed by atoms with van der Waals surface area (Å²) in [5.41, 5.74) is 0.826. The van der Waals surface area contributed by atoms with Gasteiger partial charge in [-0.25, -0.2) is 13.1 Å². The molecular weight excluding hydrogens is 242 g/mol. The molecule has 7 heteroatoms. The maximum absolute atomic E-state index is 11.9. The van der Waals surface area contributed by atoms with Crippen LogP contribution in [-0.2, 0) is 21.3 Å². The summed E-state index contributed by atoms with van der Waals surface area (Å²) in [5.74, 6) is 0. The Hall–Kier alpha value is -0.890. The van der Waals surface area contributed by atoms with Crippen molar-refractivity contribution in [3.63, 3.8) is 0 Å². The van der Waals surface area contributed by atoms with Crippen molar-refractivity contribution in [3.05, 3.63) is 18.0 Å². The zero-order valence-electron chi connectivity index (χ0n) is 10.3. The van der Waals surface area contributed by atoms with Crippen LogP contribution in [0.1, 0.15) is 12.6 Å². The predicted octanol–water partition coefficient (Wildman–Crippen LogP) is 0.0473. The Kier molecular flexibility index (Phi) is 5.13. The molecule has 0 spiro atoms. The first-order valence-electron chi connectivity index (χ1n) is 5.32. The Morgan fingerprint density at radius 1 is 1.53 bits per heavy atom. The first kappa shape index (κ1) is 14.2. The van der Waals surface area contributed by atoms with Gasteiger partial charge in [-0.3, -0.25) is 0 Å². The van der Waals surface area contributed by atoms with Crippen LogP contribution in [0.25, 0.3) is 0 Å². The van der Waals surface area contributed by atoms with Crippen LogP contribution in [0.2, 0.25) is 0 Å². The molecule has 6 nitrogen and oxygen atoms in total. The van der Waals surface area contributed by atoms with Crippen LogP contribution in [0.4, 0.5) is 0 Å². The highest BCUT2D eigenvalue weighted by Crippen LogP contribution is 2.11. The van der Waals surface area contributed by atoms with Crippen LogP contribution in [0.15, 0.2) is 17.2 Å². The van der Waals surface area contributed by atoms with E-state index in [1.54, 1.807) is 20.0 Å². The highest BCUT2D eigenvalue weighted by molar-refractivity contribution is 7.89. The van der Waals surface area contributed by atoms with E-state index in [9.17, 15) is 8.42 Å². The van der Waals surface area contributed by atoms with Gasteiger partial charge in [-0.15, -0.1) is 0 Å². The number of rotatable bonds is 7. The van der Waals surface area contributed by atoms with Gasteiger partial charge in [0.05, 0.1) is 11.5 Å². The second-order valence-electron chi connectivity index (χ2n) is 3.87. The minimum atomic E-state index is -3.47. The Labute approximate surface area is 102 Å². The Balaban J connectivity index is 2.75. The molecule has 1 atom stereocenters. The highest BCUT2D eigenvalue weighted by Gasteiger charge is 2.18. The van der Waals surface area contributed by atoms with Gasteiger partial charge < -0.3 is 15.0 Å². The van der Waals surface area contributed by atoms with Crippen molar-refractivity contribution in [1.82, 2.24) is 15.0 Å². The van der Waals surface area contributed by atoms with Crippen LogP contribution >= 0.6 is 0 Å². The van der Waals surface area contributed by atoms with E-state index in [-0.39, 0.29) is 10.9 Å². The fourth-order valence-electron chi connectivity index (χ4n) is 1.48. The summed E-state index contributed by atoms with van der Waals surface area (Å²) in [6.07, 6.45) is 1.48. The molecular formula is C10H19N3O3S. The van der Waals surface area contributed by atoms with Crippen LogP contribution in [0, 0.1) is 0 Å². The zero-order chi connectivity index (χ0) is 12.9. The van der Waals surface area contributed by atoms with Crippen molar-refractivity contribution in [2.45, 2.75) is 24.4 Å². The van der Waals surface area contributed by atoms with Gasteiger partial charge in [-0.05, 0) is 20.0 Å². The molecule has 1 aromatic rings. The standard InChI is InChI=1S/C10H19N3O3S/c1-8(7-16-3)13-17(14,15)10-4-9(5-11-2)12-6-10/h4,6,8,11-13H,5,7H2,1-3H3. The Morgan fingerprint density at radius 2 is 2.24 bits per heavy atom. The summed E-state index contributed by atoms with van der Waals surface area (Å²) in [5, 5.41) is 2.94. The third kappa shape index (κ3) is 4.12. The average molecular weight is 261 g/mol. The van der Waals surface area contributed by atoms with Crippen LogP contribution in [-0.4, -0.2) is 40.2 Å². The SMILES string of the molecule is CNCc1cc(S(=O)(=O)NC(C)COC)c[nH]1. The second kappa shape index (κ2) is 6.15. The normalized spacial score (nSPS) is 13.8. The lowest BCUT2D eigenvalue weighted by molar-refractivity contribution is 0.180. The fourth-order valence-corrected chi connectivity index (χ4v) is 2.73. The number of sulfonamides is 1. The van der Waals surface area contributed by atoms with E-state index in [2.05, 4.69) is 15.0 Å². The van der Waals surface area contributed by atoms with Crippen LogP contribution < -0.4 is 10.0 Å². The van der Waals surface area contributed by atoms with E-state index < -0.39 is 10.0 Å². The molecule has 0 saturated heterocycles. The minimum Gasteiger partial charge on any atom is -0.383 e. The van der Waals surface area contributed by atoms with Gasteiger partial charge in [0.2, 0.25) is 10.0 Å². The summed E-state index contributed by atoms with van der Waals surface area (Å²) in [6.45, 7) is 2.69. The van der Waals surface area contributed by atoms with Crippen molar-refractivity contribution in [3.8, 4) is 0 Å². The predicted molar refractivity (Wildman–Crippen MR) is 65.2 cm³/mol. The quantitative estimate of drug-likeness (QED) is 0.647. The molecule has 1 heterocycles. The molecule has 98 valence electrons. The number of ether oxygens (including phenoxy) is 1. The Morgan fingerprint density at radius 3 is 2.82 bits per heavy atom.